The van der Waals surface area contributed by atoms with Crippen LogP contribution in [0.3, 0.4) is 0 Å². The molecule has 1 aromatic heterocycles. The summed E-state index contributed by atoms with van der Waals surface area (Å²) < 4.78 is 26.6. The molecule has 0 aliphatic carbocycles. The third kappa shape index (κ3) is 4.37. The minimum Gasteiger partial charge on any atom is -0.263 e. The fourth-order valence-corrected chi connectivity index (χ4v) is 2.85. The Morgan fingerprint density at radius 3 is 2.67 bits per heavy atom. The van der Waals surface area contributed by atoms with Gasteiger partial charge in [-0.25, -0.2) is 18.1 Å². The summed E-state index contributed by atoms with van der Waals surface area (Å²) in [4.78, 5) is 4.16. The first kappa shape index (κ1) is 15.2. The maximum Gasteiger partial charge on any atom is 0.240 e. The Morgan fingerprint density at radius 2 is 2.05 bits per heavy atom. The largest absolute Gasteiger partial charge is 0.263 e. The predicted octanol–water partition coefficient (Wildman–Crippen LogP) is 0.782. The second-order valence-corrected chi connectivity index (χ2v) is 6.18. The zero-order chi connectivity index (χ0) is 15.1. The van der Waals surface area contributed by atoms with E-state index in [0.717, 1.165) is 11.4 Å². The molecule has 0 radical (unpaired) electrons. The molecule has 2 aromatic rings. The molecule has 110 valence electrons. The van der Waals surface area contributed by atoms with Crippen LogP contribution in [0.2, 0.25) is 0 Å². The number of rotatable bonds is 7. The van der Waals surface area contributed by atoms with Gasteiger partial charge >= 0.3 is 0 Å². The highest BCUT2D eigenvalue weighted by molar-refractivity contribution is 7.89. The molecule has 0 spiro atoms. The van der Waals surface area contributed by atoms with Gasteiger partial charge in [0.15, 0.2) is 0 Å². The highest BCUT2D eigenvalue weighted by Gasteiger charge is 2.12. The summed E-state index contributed by atoms with van der Waals surface area (Å²) in [6.07, 6.45) is 2.94. The van der Waals surface area contributed by atoms with Crippen molar-refractivity contribution in [3.05, 3.63) is 42.0 Å². The van der Waals surface area contributed by atoms with Crippen LogP contribution in [0.1, 0.15) is 17.8 Å². The second-order valence-electron chi connectivity index (χ2n) is 4.41. The normalized spacial score (nSPS) is 11.2. The molecular formula is C13H15N5O2S. The molecule has 2 rings (SSSR count). The first-order chi connectivity index (χ1) is 10.1. The minimum atomic E-state index is -3.51. The summed E-state index contributed by atoms with van der Waals surface area (Å²) in [5.41, 5.74) is 0.793. The Bertz CT molecular complexity index is 702. The Morgan fingerprint density at radius 1 is 1.29 bits per heavy atom. The number of nitrogens with zero attached hydrogens (tertiary/aromatic N) is 3. The van der Waals surface area contributed by atoms with Gasteiger partial charge in [-0.1, -0.05) is 12.1 Å². The van der Waals surface area contributed by atoms with E-state index in [1.54, 1.807) is 12.1 Å². The van der Waals surface area contributed by atoms with E-state index in [9.17, 15) is 8.42 Å². The van der Waals surface area contributed by atoms with Crippen LogP contribution in [0, 0.1) is 11.3 Å². The number of nitrogens with one attached hydrogen (secondary N) is 2. The van der Waals surface area contributed by atoms with E-state index in [2.05, 4.69) is 19.9 Å². The molecule has 0 saturated carbocycles. The molecule has 21 heavy (non-hydrogen) atoms. The van der Waals surface area contributed by atoms with Gasteiger partial charge in [-0.05, 0) is 24.1 Å². The summed E-state index contributed by atoms with van der Waals surface area (Å²) in [5, 5.41) is 15.0. The number of aromatic nitrogens is 3. The van der Waals surface area contributed by atoms with Crippen LogP contribution in [0.5, 0.6) is 0 Å². The zero-order valence-corrected chi connectivity index (χ0v) is 12.1. The molecule has 7 nitrogen and oxygen atoms in total. The minimum absolute atomic E-state index is 0.198. The van der Waals surface area contributed by atoms with Gasteiger partial charge in [0.1, 0.15) is 12.2 Å². The zero-order valence-electron chi connectivity index (χ0n) is 11.3. The molecular weight excluding hydrogens is 290 g/mol. The van der Waals surface area contributed by atoms with Crippen molar-refractivity contribution in [2.45, 2.75) is 24.2 Å². The molecule has 1 aromatic carbocycles. The topological polar surface area (TPSA) is 112 Å². The van der Waals surface area contributed by atoms with Crippen molar-refractivity contribution in [2.24, 2.45) is 0 Å². The third-order valence-corrected chi connectivity index (χ3v) is 4.34. The van der Waals surface area contributed by atoms with Gasteiger partial charge in [0.2, 0.25) is 10.0 Å². The van der Waals surface area contributed by atoms with Gasteiger partial charge in [0.25, 0.3) is 0 Å². The molecule has 1 heterocycles. The molecule has 0 amide bonds. The summed E-state index contributed by atoms with van der Waals surface area (Å²) >= 11 is 0. The van der Waals surface area contributed by atoms with Gasteiger partial charge < -0.3 is 0 Å². The van der Waals surface area contributed by atoms with Crippen molar-refractivity contribution in [1.29, 1.82) is 5.26 Å². The fourth-order valence-electron chi connectivity index (χ4n) is 1.77. The van der Waals surface area contributed by atoms with Crippen molar-refractivity contribution in [2.75, 3.05) is 6.54 Å². The second kappa shape index (κ2) is 6.97. The van der Waals surface area contributed by atoms with Crippen LogP contribution < -0.4 is 4.72 Å². The average Bonchev–Trinajstić information content (AvgIpc) is 2.98. The third-order valence-electron chi connectivity index (χ3n) is 2.86. The molecule has 2 N–H and O–H groups in total. The van der Waals surface area contributed by atoms with Crippen LogP contribution in [-0.2, 0) is 22.9 Å². The van der Waals surface area contributed by atoms with Gasteiger partial charge in [-0.15, -0.1) is 0 Å². The number of hydrogen-bond acceptors (Lipinski definition) is 5. The lowest BCUT2D eigenvalue weighted by Gasteiger charge is -2.06. The van der Waals surface area contributed by atoms with Gasteiger partial charge in [-0.3, -0.25) is 5.10 Å². The molecule has 0 atom stereocenters. The quantitative estimate of drug-likeness (QED) is 0.734. The van der Waals surface area contributed by atoms with Gasteiger partial charge in [0.05, 0.1) is 17.4 Å². The van der Waals surface area contributed by atoms with Gasteiger partial charge in [0, 0.05) is 13.0 Å². The smallest absolute Gasteiger partial charge is 0.240 e. The number of sulfonamides is 1. The molecule has 0 bridgehead atoms. The standard InChI is InChI=1S/C13H15N5O2S/c14-8-7-11-3-5-12(6-4-11)21(19,20)17-9-1-2-13-15-10-16-18-13/h3-6,10,17H,1-2,7,9H2,(H,15,16,18). The number of aromatic amines is 1. The highest BCUT2D eigenvalue weighted by atomic mass is 32.2. The maximum atomic E-state index is 12.1. The van der Waals surface area contributed by atoms with E-state index in [4.69, 9.17) is 5.26 Å². The first-order valence-corrected chi connectivity index (χ1v) is 7.90. The maximum absolute atomic E-state index is 12.1. The van der Waals surface area contributed by atoms with E-state index >= 15 is 0 Å². The lowest BCUT2D eigenvalue weighted by Crippen LogP contribution is -2.25. The summed E-state index contributed by atoms with van der Waals surface area (Å²) in [5.74, 6) is 0.732. The van der Waals surface area contributed by atoms with Crippen molar-refractivity contribution in [1.82, 2.24) is 19.9 Å². The van der Waals surface area contributed by atoms with Gasteiger partial charge in [-0.2, -0.15) is 10.4 Å². The molecule has 8 heteroatoms. The highest BCUT2D eigenvalue weighted by Crippen LogP contribution is 2.10. The van der Waals surface area contributed by atoms with E-state index in [-0.39, 0.29) is 11.3 Å². The number of H-pyrrole nitrogens is 1. The van der Waals surface area contributed by atoms with Crippen molar-refractivity contribution >= 4 is 10.0 Å². The molecule has 0 saturated heterocycles. The number of nitriles is 1. The Balaban J connectivity index is 1.87. The van der Waals surface area contributed by atoms with Crippen LogP contribution >= 0.6 is 0 Å². The average molecular weight is 305 g/mol. The summed E-state index contributed by atoms with van der Waals surface area (Å²) in [6, 6.07) is 8.32. The van der Waals surface area contributed by atoms with Crippen LogP contribution in [0.15, 0.2) is 35.5 Å². The Labute approximate surface area is 123 Å². The molecule has 0 fully saturated rings. The fraction of sp³-hybridized carbons (Fsp3) is 0.308. The SMILES string of the molecule is N#CCc1ccc(S(=O)(=O)NCCCc2ncn[nH]2)cc1. The van der Waals surface area contributed by atoms with E-state index in [0.29, 0.717) is 19.4 Å². The van der Waals surface area contributed by atoms with E-state index in [1.165, 1.54) is 18.5 Å². The summed E-state index contributed by atoms with van der Waals surface area (Å²) in [6.45, 7) is 0.322. The van der Waals surface area contributed by atoms with Crippen molar-refractivity contribution in [3.8, 4) is 6.07 Å². The molecule has 0 aliphatic heterocycles. The van der Waals surface area contributed by atoms with E-state index in [1.807, 2.05) is 6.07 Å². The van der Waals surface area contributed by atoms with E-state index < -0.39 is 10.0 Å². The van der Waals surface area contributed by atoms with Crippen molar-refractivity contribution in [3.63, 3.8) is 0 Å². The van der Waals surface area contributed by atoms with Crippen LogP contribution in [0.25, 0.3) is 0 Å². The summed E-state index contributed by atoms with van der Waals surface area (Å²) in [7, 11) is -3.51. The lowest BCUT2D eigenvalue weighted by atomic mass is 10.2. The van der Waals surface area contributed by atoms with Crippen molar-refractivity contribution < 1.29 is 8.42 Å². The molecule has 0 unspecified atom stereocenters. The number of hydrogen-bond donors (Lipinski definition) is 2. The number of aryl methyl sites for hydroxylation is 1. The number of benzene rings is 1. The monoisotopic (exact) mass is 305 g/mol. The van der Waals surface area contributed by atoms with Crippen LogP contribution in [-0.4, -0.2) is 30.1 Å². The van der Waals surface area contributed by atoms with Crippen LogP contribution in [0.4, 0.5) is 0 Å². The first-order valence-electron chi connectivity index (χ1n) is 6.41. The predicted molar refractivity (Wildman–Crippen MR) is 75.7 cm³/mol. The Kier molecular flexibility index (Phi) is 5.03. The Hall–Kier alpha value is -2.24. The lowest BCUT2D eigenvalue weighted by molar-refractivity contribution is 0.578. The molecule has 0 aliphatic rings.